The maximum absolute atomic E-state index is 6.51. The second-order valence-corrected chi connectivity index (χ2v) is 6.76. The molecule has 0 spiro atoms. The summed E-state index contributed by atoms with van der Waals surface area (Å²) < 4.78 is 5.60. The van der Waals surface area contributed by atoms with Gasteiger partial charge in [-0.2, -0.15) is 0 Å². The topological polar surface area (TPSA) is 45.7 Å². The molecule has 0 radical (unpaired) electrons. The number of hydrogen-bond acceptors (Lipinski definition) is 2. The average Bonchev–Trinajstić information content (AvgIpc) is 2.61. The second-order valence-electron chi connectivity index (χ2n) is 6.35. The molecule has 0 unspecified atom stereocenters. The summed E-state index contributed by atoms with van der Waals surface area (Å²) in [6.45, 7) is 8.35. The van der Waals surface area contributed by atoms with E-state index >= 15 is 0 Å². The third kappa shape index (κ3) is 5.12. The number of hydrogen-bond donors (Lipinski definition) is 2. The van der Waals surface area contributed by atoms with Crippen LogP contribution >= 0.6 is 11.6 Å². The molecule has 1 aromatic rings. The number of aliphatic imine (C=N–C) groups is 1. The Morgan fingerprint density at radius 1 is 1.21 bits per heavy atom. The zero-order valence-corrected chi connectivity index (χ0v) is 15.7. The van der Waals surface area contributed by atoms with Crippen LogP contribution in [0.5, 0.6) is 0 Å². The Kier molecular flexibility index (Phi) is 7.86. The minimum atomic E-state index is -0.0380. The maximum atomic E-state index is 6.51. The molecule has 134 valence electrons. The Labute approximate surface area is 151 Å². The summed E-state index contributed by atoms with van der Waals surface area (Å²) in [4.78, 5) is 4.88. The van der Waals surface area contributed by atoms with Crippen molar-refractivity contribution >= 4 is 17.6 Å². The highest BCUT2D eigenvalue weighted by molar-refractivity contribution is 6.31. The van der Waals surface area contributed by atoms with Crippen molar-refractivity contribution in [1.82, 2.24) is 10.6 Å². The molecule has 1 saturated heterocycles. The standard InChI is InChI=1S/C19H30ClN3O/c1-3-5-12-22-18(21-4-2)23-15-19(10-13-24-14-11-19)16-8-6-7-9-17(16)20/h6-9H,3-5,10-15H2,1-2H3,(H2,21,22,23). The summed E-state index contributed by atoms with van der Waals surface area (Å²) in [6, 6.07) is 8.16. The molecule has 1 heterocycles. The molecule has 1 aromatic carbocycles. The molecule has 2 N–H and O–H groups in total. The number of nitrogens with one attached hydrogen (secondary N) is 2. The number of benzene rings is 1. The van der Waals surface area contributed by atoms with Crippen LogP contribution < -0.4 is 10.6 Å². The number of nitrogens with zero attached hydrogens (tertiary/aromatic N) is 1. The second kappa shape index (κ2) is 9.90. The van der Waals surface area contributed by atoms with Crippen LogP contribution in [-0.4, -0.2) is 38.8 Å². The summed E-state index contributed by atoms with van der Waals surface area (Å²) >= 11 is 6.51. The van der Waals surface area contributed by atoms with Crippen LogP contribution in [0.4, 0.5) is 0 Å². The van der Waals surface area contributed by atoms with Gasteiger partial charge >= 0.3 is 0 Å². The molecule has 0 bridgehead atoms. The maximum Gasteiger partial charge on any atom is 0.191 e. The first kappa shape index (κ1) is 19.1. The van der Waals surface area contributed by atoms with Gasteiger partial charge in [0.25, 0.3) is 0 Å². The Morgan fingerprint density at radius 3 is 2.62 bits per heavy atom. The van der Waals surface area contributed by atoms with Crippen molar-refractivity contribution < 1.29 is 4.74 Å². The van der Waals surface area contributed by atoms with Gasteiger partial charge in [0.1, 0.15) is 0 Å². The predicted molar refractivity (Wildman–Crippen MR) is 102 cm³/mol. The summed E-state index contributed by atoms with van der Waals surface area (Å²) in [5, 5.41) is 7.59. The molecule has 2 rings (SSSR count). The molecule has 1 aliphatic rings. The van der Waals surface area contributed by atoms with Crippen LogP contribution in [0.3, 0.4) is 0 Å². The van der Waals surface area contributed by atoms with E-state index in [1.165, 1.54) is 12.0 Å². The van der Waals surface area contributed by atoms with Gasteiger partial charge < -0.3 is 15.4 Å². The van der Waals surface area contributed by atoms with E-state index < -0.39 is 0 Å². The summed E-state index contributed by atoms with van der Waals surface area (Å²) in [5.41, 5.74) is 1.16. The molecule has 0 amide bonds. The molecule has 4 nitrogen and oxygen atoms in total. The molecule has 1 aliphatic heterocycles. The normalized spacial score (nSPS) is 17.5. The first-order chi connectivity index (χ1) is 11.7. The first-order valence-electron chi connectivity index (χ1n) is 9.07. The van der Waals surface area contributed by atoms with E-state index in [1.807, 2.05) is 12.1 Å². The van der Waals surface area contributed by atoms with Gasteiger partial charge in [0.05, 0.1) is 6.54 Å². The summed E-state index contributed by atoms with van der Waals surface area (Å²) in [5.74, 6) is 0.892. The quantitative estimate of drug-likeness (QED) is 0.447. The van der Waals surface area contributed by atoms with Crippen molar-refractivity contribution in [1.29, 1.82) is 0 Å². The zero-order chi connectivity index (χ0) is 17.3. The Hall–Kier alpha value is -1.26. The van der Waals surface area contributed by atoms with Crippen LogP contribution in [0.2, 0.25) is 5.02 Å². The van der Waals surface area contributed by atoms with Gasteiger partial charge in [-0.3, -0.25) is 4.99 Å². The smallest absolute Gasteiger partial charge is 0.191 e. The molecule has 1 fully saturated rings. The number of guanidine groups is 1. The number of halogens is 1. The molecule has 0 atom stereocenters. The fourth-order valence-corrected chi connectivity index (χ4v) is 3.46. The highest BCUT2D eigenvalue weighted by atomic mass is 35.5. The first-order valence-corrected chi connectivity index (χ1v) is 9.44. The highest BCUT2D eigenvalue weighted by Gasteiger charge is 2.36. The molecular formula is C19H30ClN3O. The van der Waals surface area contributed by atoms with Crippen LogP contribution in [0, 0.1) is 0 Å². The van der Waals surface area contributed by atoms with Gasteiger partial charge in [0.2, 0.25) is 0 Å². The SMILES string of the molecule is CCCCNC(=NCC1(c2ccccc2Cl)CCOCC1)NCC. The van der Waals surface area contributed by atoms with Gasteiger partial charge in [0, 0.05) is 36.7 Å². The van der Waals surface area contributed by atoms with Gasteiger partial charge in [-0.15, -0.1) is 0 Å². The Balaban J connectivity index is 2.18. The monoisotopic (exact) mass is 351 g/mol. The van der Waals surface area contributed by atoms with Crippen molar-refractivity contribution in [2.45, 2.75) is 44.9 Å². The third-order valence-electron chi connectivity index (χ3n) is 4.60. The number of unbranched alkanes of at least 4 members (excludes halogenated alkanes) is 1. The van der Waals surface area contributed by atoms with Crippen molar-refractivity contribution in [2.24, 2.45) is 4.99 Å². The third-order valence-corrected chi connectivity index (χ3v) is 4.93. The molecule has 5 heteroatoms. The molecule has 24 heavy (non-hydrogen) atoms. The van der Waals surface area contributed by atoms with E-state index in [1.54, 1.807) is 0 Å². The van der Waals surface area contributed by atoms with Gasteiger partial charge in [-0.1, -0.05) is 43.1 Å². The molecule has 0 aliphatic carbocycles. The number of rotatable bonds is 7. The summed E-state index contributed by atoms with van der Waals surface area (Å²) in [6.07, 6.45) is 4.23. The summed E-state index contributed by atoms with van der Waals surface area (Å²) in [7, 11) is 0. The van der Waals surface area contributed by atoms with Gasteiger partial charge in [-0.05, 0) is 37.8 Å². The Morgan fingerprint density at radius 2 is 1.96 bits per heavy atom. The molecular weight excluding hydrogens is 322 g/mol. The zero-order valence-electron chi connectivity index (χ0n) is 14.9. The lowest BCUT2D eigenvalue weighted by Gasteiger charge is -2.37. The highest BCUT2D eigenvalue weighted by Crippen LogP contribution is 2.38. The average molecular weight is 352 g/mol. The lowest BCUT2D eigenvalue weighted by Crippen LogP contribution is -2.41. The fourth-order valence-electron chi connectivity index (χ4n) is 3.12. The van der Waals surface area contributed by atoms with Crippen LogP contribution in [0.15, 0.2) is 29.3 Å². The molecule has 0 aromatic heterocycles. The van der Waals surface area contributed by atoms with Crippen LogP contribution in [0.25, 0.3) is 0 Å². The van der Waals surface area contributed by atoms with E-state index in [4.69, 9.17) is 21.3 Å². The largest absolute Gasteiger partial charge is 0.381 e. The van der Waals surface area contributed by atoms with E-state index in [0.29, 0.717) is 0 Å². The minimum Gasteiger partial charge on any atom is -0.381 e. The fraction of sp³-hybridized carbons (Fsp3) is 0.632. The van der Waals surface area contributed by atoms with E-state index in [2.05, 4.69) is 36.6 Å². The van der Waals surface area contributed by atoms with Crippen molar-refractivity contribution in [3.8, 4) is 0 Å². The molecule has 0 saturated carbocycles. The van der Waals surface area contributed by atoms with Crippen LogP contribution in [-0.2, 0) is 10.2 Å². The number of ether oxygens (including phenoxy) is 1. The van der Waals surface area contributed by atoms with Crippen LogP contribution in [0.1, 0.15) is 45.1 Å². The predicted octanol–water partition coefficient (Wildman–Crippen LogP) is 3.74. The van der Waals surface area contributed by atoms with E-state index in [9.17, 15) is 0 Å². The van der Waals surface area contributed by atoms with E-state index in [0.717, 1.165) is 63.1 Å². The van der Waals surface area contributed by atoms with Gasteiger partial charge in [0.15, 0.2) is 5.96 Å². The van der Waals surface area contributed by atoms with E-state index in [-0.39, 0.29) is 5.41 Å². The van der Waals surface area contributed by atoms with Crippen molar-refractivity contribution in [3.05, 3.63) is 34.9 Å². The minimum absolute atomic E-state index is 0.0380. The van der Waals surface area contributed by atoms with Crippen molar-refractivity contribution in [2.75, 3.05) is 32.8 Å². The van der Waals surface area contributed by atoms with Gasteiger partial charge in [-0.25, -0.2) is 0 Å². The Bertz CT molecular complexity index is 527. The lowest BCUT2D eigenvalue weighted by molar-refractivity contribution is 0.0531. The lowest BCUT2D eigenvalue weighted by atomic mass is 9.74. The van der Waals surface area contributed by atoms with Crippen molar-refractivity contribution in [3.63, 3.8) is 0 Å².